The van der Waals surface area contributed by atoms with E-state index in [1.54, 1.807) is 12.3 Å². The fraction of sp³-hybridized carbons (Fsp3) is 0.476. The molecule has 4 rings (SSSR count). The standard InChI is InChI=1S/C21H25F2N3O5.HI/c22-20(23)31-17-10-19-18(29-13-30-19)9-14(17)11-25-21(26-12-16-4-2-8-28-16)24-6-5-15-3-1-7-27-15;/h1,3,7,9-10,16,20H,2,4-6,8,11-13H2,(H2,24,25,26);1H. The summed E-state index contributed by atoms with van der Waals surface area (Å²) in [4.78, 5) is 4.55. The van der Waals surface area contributed by atoms with Gasteiger partial charge in [0.25, 0.3) is 0 Å². The Balaban J connectivity index is 0.00000289. The molecule has 32 heavy (non-hydrogen) atoms. The number of fused-ring (bicyclic) bond motifs is 1. The number of hydrogen-bond donors (Lipinski definition) is 2. The Morgan fingerprint density at radius 1 is 1.22 bits per heavy atom. The van der Waals surface area contributed by atoms with Crippen molar-refractivity contribution < 1.29 is 32.1 Å². The molecule has 1 aromatic carbocycles. The highest BCUT2D eigenvalue weighted by Gasteiger charge is 2.20. The number of guanidine groups is 1. The molecule has 2 aliphatic heterocycles. The molecular weight excluding hydrogens is 539 g/mol. The van der Waals surface area contributed by atoms with Gasteiger partial charge in [0.05, 0.1) is 18.9 Å². The Hall–Kier alpha value is -2.28. The molecule has 1 fully saturated rings. The molecule has 1 aromatic heterocycles. The zero-order valence-corrected chi connectivity index (χ0v) is 19.7. The van der Waals surface area contributed by atoms with Crippen molar-refractivity contribution in [2.75, 3.05) is 26.5 Å². The lowest BCUT2D eigenvalue weighted by atomic mass is 10.1. The Bertz CT molecular complexity index is 877. The SMILES string of the molecule is FC(F)Oc1cc2c(cc1CN=C(NCCc1ccco1)NCC1CCCO1)OCO2.I. The molecule has 0 saturated carbocycles. The molecule has 11 heteroatoms. The highest BCUT2D eigenvalue weighted by Crippen LogP contribution is 2.39. The van der Waals surface area contributed by atoms with Crippen LogP contribution in [0.2, 0.25) is 0 Å². The predicted octanol–water partition coefficient (Wildman–Crippen LogP) is 3.68. The molecule has 0 amide bonds. The van der Waals surface area contributed by atoms with Crippen LogP contribution in [0.1, 0.15) is 24.2 Å². The van der Waals surface area contributed by atoms with E-state index in [9.17, 15) is 8.78 Å². The molecular formula is C21H26F2IN3O5. The van der Waals surface area contributed by atoms with Crippen molar-refractivity contribution in [1.82, 2.24) is 10.6 Å². The largest absolute Gasteiger partial charge is 0.469 e. The van der Waals surface area contributed by atoms with Crippen molar-refractivity contribution in [3.05, 3.63) is 41.9 Å². The van der Waals surface area contributed by atoms with Crippen LogP contribution in [0, 0.1) is 0 Å². The van der Waals surface area contributed by atoms with Gasteiger partial charge in [0, 0.05) is 37.7 Å². The van der Waals surface area contributed by atoms with Crippen molar-refractivity contribution in [3.63, 3.8) is 0 Å². The van der Waals surface area contributed by atoms with Crippen LogP contribution in [-0.4, -0.2) is 45.2 Å². The second-order valence-corrected chi connectivity index (χ2v) is 7.13. The zero-order chi connectivity index (χ0) is 21.5. The van der Waals surface area contributed by atoms with Crippen LogP contribution in [0.25, 0.3) is 0 Å². The lowest BCUT2D eigenvalue weighted by Gasteiger charge is -2.16. The third-order valence-corrected chi connectivity index (χ3v) is 4.94. The number of aliphatic imine (C=N–C) groups is 1. The van der Waals surface area contributed by atoms with Gasteiger partial charge in [-0.15, -0.1) is 24.0 Å². The lowest BCUT2D eigenvalue weighted by Crippen LogP contribution is -2.41. The fourth-order valence-corrected chi connectivity index (χ4v) is 3.41. The Kier molecular flexibility index (Phi) is 9.21. The first-order chi connectivity index (χ1) is 15.2. The number of nitrogens with zero attached hydrogens (tertiary/aromatic N) is 1. The highest BCUT2D eigenvalue weighted by molar-refractivity contribution is 14.0. The van der Waals surface area contributed by atoms with Gasteiger partial charge >= 0.3 is 6.61 Å². The molecule has 0 spiro atoms. The van der Waals surface area contributed by atoms with Gasteiger partial charge in [-0.3, -0.25) is 0 Å². The van der Waals surface area contributed by atoms with Gasteiger partial charge in [-0.2, -0.15) is 8.78 Å². The summed E-state index contributed by atoms with van der Waals surface area (Å²) in [5, 5.41) is 6.51. The molecule has 0 radical (unpaired) electrons. The summed E-state index contributed by atoms with van der Waals surface area (Å²) in [6.07, 6.45) is 4.46. The van der Waals surface area contributed by atoms with E-state index in [2.05, 4.69) is 20.4 Å². The first-order valence-corrected chi connectivity index (χ1v) is 10.2. The molecule has 176 valence electrons. The Morgan fingerprint density at radius 3 is 2.78 bits per heavy atom. The number of furan rings is 1. The van der Waals surface area contributed by atoms with E-state index >= 15 is 0 Å². The summed E-state index contributed by atoms with van der Waals surface area (Å²) < 4.78 is 52.0. The van der Waals surface area contributed by atoms with Crippen LogP contribution in [0.15, 0.2) is 39.9 Å². The van der Waals surface area contributed by atoms with Crippen LogP contribution in [0.4, 0.5) is 8.78 Å². The number of benzene rings is 1. The van der Waals surface area contributed by atoms with Crippen molar-refractivity contribution in [1.29, 1.82) is 0 Å². The smallest absolute Gasteiger partial charge is 0.387 e. The average Bonchev–Trinajstić information content (AvgIpc) is 3.52. The summed E-state index contributed by atoms with van der Waals surface area (Å²) in [6.45, 7) is -0.845. The maximum Gasteiger partial charge on any atom is 0.387 e. The summed E-state index contributed by atoms with van der Waals surface area (Å²) in [5.41, 5.74) is 0.466. The first kappa shape index (κ1) is 24.4. The molecule has 3 heterocycles. The zero-order valence-electron chi connectivity index (χ0n) is 17.4. The number of nitrogens with one attached hydrogen (secondary N) is 2. The summed E-state index contributed by atoms with van der Waals surface area (Å²) in [7, 11) is 0. The lowest BCUT2D eigenvalue weighted by molar-refractivity contribution is -0.0505. The highest BCUT2D eigenvalue weighted by atomic mass is 127. The quantitative estimate of drug-likeness (QED) is 0.273. The van der Waals surface area contributed by atoms with Crippen molar-refractivity contribution in [2.45, 2.75) is 38.5 Å². The van der Waals surface area contributed by atoms with E-state index in [0.717, 1.165) is 25.2 Å². The number of ether oxygens (including phenoxy) is 4. The van der Waals surface area contributed by atoms with E-state index in [-0.39, 0.29) is 49.2 Å². The molecule has 2 aliphatic rings. The average molecular weight is 565 g/mol. The fourth-order valence-electron chi connectivity index (χ4n) is 3.41. The van der Waals surface area contributed by atoms with Crippen LogP contribution in [-0.2, 0) is 17.7 Å². The number of alkyl halides is 2. The summed E-state index contributed by atoms with van der Waals surface area (Å²) in [5.74, 6) is 2.26. The van der Waals surface area contributed by atoms with Gasteiger partial charge in [0.15, 0.2) is 17.5 Å². The van der Waals surface area contributed by atoms with Crippen molar-refractivity contribution in [2.24, 2.45) is 4.99 Å². The predicted molar refractivity (Wildman–Crippen MR) is 123 cm³/mol. The third kappa shape index (κ3) is 6.86. The number of hydrogen-bond acceptors (Lipinski definition) is 6. The third-order valence-electron chi connectivity index (χ3n) is 4.94. The van der Waals surface area contributed by atoms with Crippen LogP contribution in [0.3, 0.4) is 0 Å². The van der Waals surface area contributed by atoms with E-state index in [0.29, 0.717) is 42.5 Å². The van der Waals surface area contributed by atoms with Gasteiger partial charge in [-0.25, -0.2) is 4.99 Å². The van der Waals surface area contributed by atoms with Crippen LogP contribution < -0.4 is 24.8 Å². The Morgan fingerprint density at radius 2 is 2.06 bits per heavy atom. The second kappa shape index (κ2) is 12.1. The van der Waals surface area contributed by atoms with Gasteiger partial charge in [-0.1, -0.05) is 0 Å². The maximum atomic E-state index is 12.9. The first-order valence-electron chi connectivity index (χ1n) is 10.2. The topological polar surface area (TPSA) is 86.5 Å². The molecule has 1 unspecified atom stereocenters. The minimum atomic E-state index is -2.95. The monoisotopic (exact) mass is 565 g/mol. The number of rotatable bonds is 9. The molecule has 8 nitrogen and oxygen atoms in total. The maximum absolute atomic E-state index is 12.9. The van der Waals surface area contributed by atoms with E-state index in [1.807, 2.05) is 12.1 Å². The second-order valence-electron chi connectivity index (χ2n) is 7.13. The summed E-state index contributed by atoms with van der Waals surface area (Å²) >= 11 is 0. The molecule has 0 aliphatic carbocycles. The summed E-state index contributed by atoms with van der Waals surface area (Å²) in [6, 6.07) is 6.76. The molecule has 2 N–H and O–H groups in total. The minimum Gasteiger partial charge on any atom is -0.469 e. The van der Waals surface area contributed by atoms with Gasteiger partial charge < -0.3 is 34.0 Å². The van der Waals surface area contributed by atoms with Gasteiger partial charge in [0.1, 0.15) is 11.5 Å². The van der Waals surface area contributed by atoms with Crippen LogP contribution in [0.5, 0.6) is 17.2 Å². The molecule has 1 atom stereocenters. The molecule has 0 bridgehead atoms. The normalized spacial score (nSPS) is 17.3. The minimum absolute atomic E-state index is 0. The van der Waals surface area contributed by atoms with Crippen molar-refractivity contribution in [3.8, 4) is 17.2 Å². The molecule has 2 aromatic rings. The van der Waals surface area contributed by atoms with Crippen molar-refractivity contribution >= 4 is 29.9 Å². The Labute approximate surface area is 201 Å². The van der Waals surface area contributed by atoms with E-state index < -0.39 is 6.61 Å². The van der Waals surface area contributed by atoms with Gasteiger partial charge in [-0.05, 0) is 31.0 Å². The van der Waals surface area contributed by atoms with Gasteiger partial charge in [0.2, 0.25) is 6.79 Å². The molecule has 1 saturated heterocycles. The van der Waals surface area contributed by atoms with E-state index in [4.69, 9.17) is 18.6 Å². The van der Waals surface area contributed by atoms with E-state index in [1.165, 1.54) is 6.07 Å². The number of halogens is 3. The van der Waals surface area contributed by atoms with Crippen LogP contribution >= 0.6 is 24.0 Å².